The average molecular weight is 617 g/mol. The van der Waals surface area contributed by atoms with Gasteiger partial charge in [-0.25, -0.2) is 0 Å². The molecule has 13 heteroatoms. The van der Waals surface area contributed by atoms with Crippen LogP contribution in [0.1, 0.15) is 20.8 Å². The molecule has 12 nitrogen and oxygen atoms in total. The highest BCUT2D eigenvalue weighted by atomic mass is 28.4. The van der Waals surface area contributed by atoms with Gasteiger partial charge in [-0.1, -0.05) is 20.8 Å². The van der Waals surface area contributed by atoms with E-state index in [1.165, 1.54) is 0 Å². The van der Waals surface area contributed by atoms with Crippen LogP contribution in [-0.4, -0.2) is 159 Å². The van der Waals surface area contributed by atoms with Crippen LogP contribution in [-0.2, 0) is 51.8 Å². The van der Waals surface area contributed by atoms with Crippen LogP contribution in [0.5, 0.6) is 0 Å². The van der Waals surface area contributed by atoms with Gasteiger partial charge in [0.15, 0.2) is 8.32 Å². The summed E-state index contributed by atoms with van der Waals surface area (Å²) >= 11 is 0. The number of rotatable bonds is 33. The van der Waals surface area contributed by atoms with E-state index in [1.807, 2.05) is 0 Å². The zero-order valence-corrected chi connectivity index (χ0v) is 27.5. The Kier molecular flexibility index (Phi) is 29.6. The molecule has 0 atom stereocenters. The van der Waals surface area contributed by atoms with Crippen LogP contribution in [0.25, 0.3) is 0 Å². The van der Waals surface area contributed by atoms with E-state index in [2.05, 4.69) is 33.9 Å². The van der Waals surface area contributed by atoms with Crippen LogP contribution in [0.15, 0.2) is 0 Å². The molecule has 0 aliphatic rings. The van der Waals surface area contributed by atoms with Crippen molar-refractivity contribution in [2.24, 2.45) is 0 Å². The van der Waals surface area contributed by atoms with Crippen molar-refractivity contribution in [3.63, 3.8) is 0 Å². The Hall–Kier alpha value is -0.263. The molecule has 0 unspecified atom stereocenters. The lowest BCUT2D eigenvalue weighted by Gasteiger charge is -2.36. The number of hydrogen-bond acceptors (Lipinski definition) is 12. The van der Waals surface area contributed by atoms with Crippen LogP contribution >= 0.6 is 0 Å². The molecule has 0 heterocycles. The number of ether oxygens (including phenoxy) is 10. The smallest absolute Gasteiger partial charge is 0.192 e. The zero-order valence-electron chi connectivity index (χ0n) is 26.5. The van der Waals surface area contributed by atoms with E-state index in [0.717, 1.165) is 0 Å². The standard InChI is InChI=1S/C28H60O12Si/c1-28(2,3)41(4,5)40-27-26-39-25-24-38-23-22-37-21-20-36-19-18-35-17-16-34-15-14-33-13-12-32-11-10-31-9-8-30-7-6-29/h29H,6-27H2,1-5H3. The molecule has 0 amide bonds. The summed E-state index contributed by atoms with van der Waals surface area (Å²) in [5.41, 5.74) is 0. The highest BCUT2D eigenvalue weighted by Gasteiger charge is 2.36. The normalized spacial score (nSPS) is 12.4. The van der Waals surface area contributed by atoms with Crippen LogP contribution in [0.4, 0.5) is 0 Å². The minimum Gasteiger partial charge on any atom is -0.414 e. The van der Waals surface area contributed by atoms with Gasteiger partial charge in [0.05, 0.1) is 145 Å². The maximum absolute atomic E-state index is 8.57. The Bertz CT molecular complexity index is 523. The summed E-state index contributed by atoms with van der Waals surface area (Å²) in [5.74, 6) is 0. The largest absolute Gasteiger partial charge is 0.414 e. The quantitative estimate of drug-likeness (QED) is 0.0859. The maximum Gasteiger partial charge on any atom is 0.192 e. The van der Waals surface area contributed by atoms with Gasteiger partial charge in [-0.05, 0) is 18.1 Å². The van der Waals surface area contributed by atoms with Crippen LogP contribution in [0, 0.1) is 0 Å². The first-order valence-corrected chi connectivity index (χ1v) is 17.7. The van der Waals surface area contributed by atoms with Crippen molar-refractivity contribution in [2.45, 2.75) is 38.9 Å². The van der Waals surface area contributed by atoms with Crippen LogP contribution < -0.4 is 0 Å². The molecule has 0 aliphatic heterocycles. The van der Waals surface area contributed by atoms with E-state index < -0.39 is 8.32 Å². The number of hydrogen-bond donors (Lipinski definition) is 1. The van der Waals surface area contributed by atoms with Crippen molar-refractivity contribution < 1.29 is 56.9 Å². The summed E-state index contributed by atoms with van der Waals surface area (Å²) in [5, 5.41) is 8.79. The molecule has 0 bridgehead atoms. The van der Waals surface area contributed by atoms with Gasteiger partial charge in [-0.2, -0.15) is 0 Å². The molecule has 0 rings (SSSR count). The molecule has 0 saturated carbocycles. The van der Waals surface area contributed by atoms with Gasteiger partial charge in [0, 0.05) is 0 Å². The molecule has 0 spiro atoms. The molecular formula is C28H60O12Si. The minimum absolute atomic E-state index is 0.0277. The second-order valence-electron chi connectivity index (χ2n) is 10.5. The van der Waals surface area contributed by atoms with Crippen molar-refractivity contribution in [1.29, 1.82) is 0 Å². The Labute approximate surface area is 249 Å². The SMILES string of the molecule is CC(C)(C)[Si](C)(C)OCCOCCOCCOCCOCCOCCOCCOCCOCCOCCOCCO. The zero-order chi connectivity index (χ0) is 30.3. The molecule has 0 aromatic heterocycles. The van der Waals surface area contributed by atoms with E-state index in [9.17, 15) is 0 Å². The lowest BCUT2D eigenvalue weighted by Crippen LogP contribution is -2.41. The van der Waals surface area contributed by atoms with Crippen LogP contribution in [0.3, 0.4) is 0 Å². The summed E-state index contributed by atoms with van der Waals surface area (Å²) in [6.07, 6.45) is 0. The van der Waals surface area contributed by atoms with E-state index in [1.54, 1.807) is 0 Å². The predicted molar refractivity (Wildman–Crippen MR) is 158 cm³/mol. The molecule has 0 fully saturated rings. The molecular weight excluding hydrogens is 556 g/mol. The Morgan fingerprint density at radius 3 is 0.756 bits per heavy atom. The predicted octanol–water partition coefficient (Wildman–Crippen LogP) is 2.17. The molecule has 0 radical (unpaired) electrons. The number of aliphatic hydroxyl groups excluding tert-OH is 1. The molecule has 1 N–H and O–H groups in total. The van der Waals surface area contributed by atoms with Gasteiger partial charge < -0.3 is 56.9 Å². The second-order valence-corrected chi connectivity index (χ2v) is 15.3. The maximum atomic E-state index is 8.57. The Balaban J connectivity index is 3.12. The topological polar surface area (TPSA) is 122 Å². The summed E-state index contributed by atoms with van der Waals surface area (Å²) in [4.78, 5) is 0. The molecule has 0 saturated heterocycles. The monoisotopic (exact) mass is 616 g/mol. The molecule has 41 heavy (non-hydrogen) atoms. The van der Waals surface area contributed by atoms with Crippen molar-refractivity contribution in [1.82, 2.24) is 0 Å². The van der Waals surface area contributed by atoms with E-state index in [4.69, 9.17) is 56.9 Å². The lowest BCUT2D eigenvalue weighted by atomic mass is 10.2. The van der Waals surface area contributed by atoms with E-state index in [0.29, 0.717) is 139 Å². The Morgan fingerprint density at radius 1 is 0.366 bits per heavy atom. The third kappa shape index (κ3) is 29.6. The fourth-order valence-corrected chi connectivity index (χ4v) is 3.74. The highest BCUT2D eigenvalue weighted by Crippen LogP contribution is 2.36. The summed E-state index contributed by atoms with van der Waals surface area (Å²) in [6.45, 7) is 22.1. The molecule has 248 valence electrons. The first-order valence-electron chi connectivity index (χ1n) is 14.8. The molecule has 0 aromatic carbocycles. The lowest BCUT2D eigenvalue weighted by molar-refractivity contribution is -0.0271. The van der Waals surface area contributed by atoms with E-state index >= 15 is 0 Å². The van der Waals surface area contributed by atoms with Gasteiger partial charge in [0.2, 0.25) is 0 Å². The highest BCUT2D eigenvalue weighted by molar-refractivity contribution is 6.74. The van der Waals surface area contributed by atoms with Crippen LogP contribution in [0.2, 0.25) is 18.1 Å². The summed E-state index contributed by atoms with van der Waals surface area (Å²) in [7, 11) is -1.69. The fourth-order valence-electron chi connectivity index (χ4n) is 2.72. The summed E-state index contributed by atoms with van der Waals surface area (Å²) < 4.78 is 60.3. The van der Waals surface area contributed by atoms with Gasteiger partial charge in [-0.3, -0.25) is 0 Å². The number of aliphatic hydroxyl groups is 1. The second kappa shape index (κ2) is 29.8. The van der Waals surface area contributed by atoms with Crippen molar-refractivity contribution in [3.05, 3.63) is 0 Å². The fraction of sp³-hybridized carbons (Fsp3) is 1.00. The van der Waals surface area contributed by atoms with Gasteiger partial charge in [-0.15, -0.1) is 0 Å². The first-order chi connectivity index (χ1) is 19.8. The Morgan fingerprint density at radius 2 is 0.561 bits per heavy atom. The summed E-state index contributed by atoms with van der Waals surface area (Å²) in [6, 6.07) is 0. The molecule has 0 aliphatic carbocycles. The van der Waals surface area contributed by atoms with Gasteiger partial charge in [0.1, 0.15) is 0 Å². The third-order valence-corrected chi connectivity index (χ3v) is 10.6. The van der Waals surface area contributed by atoms with Crippen molar-refractivity contribution >= 4 is 8.32 Å². The van der Waals surface area contributed by atoms with Crippen molar-refractivity contribution in [2.75, 3.05) is 145 Å². The minimum atomic E-state index is -1.69. The average Bonchev–Trinajstić information content (AvgIpc) is 2.93. The molecule has 0 aromatic rings. The van der Waals surface area contributed by atoms with E-state index in [-0.39, 0.29) is 11.6 Å². The third-order valence-electron chi connectivity index (χ3n) is 6.08. The first kappa shape index (κ1) is 40.7. The van der Waals surface area contributed by atoms with Gasteiger partial charge in [0.25, 0.3) is 0 Å². The van der Waals surface area contributed by atoms with Crippen molar-refractivity contribution in [3.8, 4) is 0 Å². The van der Waals surface area contributed by atoms with Gasteiger partial charge >= 0.3 is 0 Å².